The van der Waals surface area contributed by atoms with E-state index in [1.807, 2.05) is 18.4 Å². The molecule has 1 N–H and O–H groups in total. The number of nitrogens with zero attached hydrogens (tertiary/aromatic N) is 2. The Balaban J connectivity index is 0.000000308. The summed E-state index contributed by atoms with van der Waals surface area (Å²) in [6.07, 6.45) is 9.78. The van der Waals surface area contributed by atoms with Crippen LogP contribution in [0.15, 0.2) is 66.8 Å². The Bertz CT molecular complexity index is 1080. The Hall–Kier alpha value is -3.32. The SMILES string of the molecule is C=CN1CCCC1=O.C=CNC(=O)Oc1ccc2c(c1)[C@]1(C)CCN(Cc3ccoc3)[C@H](C2)[C@@H]1C. The Kier molecular flexibility index (Phi) is 7.45. The summed E-state index contributed by atoms with van der Waals surface area (Å²) in [6, 6.07) is 8.60. The third kappa shape index (κ3) is 5.20. The van der Waals surface area contributed by atoms with Gasteiger partial charge in [-0.25, -0.2) is 4.79 Å². The number of hydrogen-bond acceptors (Lipinski definition) is 5. The fraction of sp³-hybridized carbons (Fsp3) is 0.429. The lowest BCUT2D eigenvalue weighted by Crippen LogP contribution is -2.57. The molecular formula is C28H35N3O4. The molecule has 1 aromatic carbocycles. The van der Waals surface area contributed by atoms with Crippen molar-refractivity contribution in [2.45, 2.75) is 57.5 Å². The number of hydrogen-bond donors (Lipinski definition) is 1. The van der Waals surface area contributed by atoms with Gasteiger partial charge < -0.3 is 14.1 Å². The molecule has 0 spiro atoms. The first-order valence-corrected chi connectivity index (χ1v) is 12.3. The van der Waals surface area contributed by atoms with Crippen LogP contribution >= 0.6 is 0 Å². The van der Waals surface area contributed by atoms with E-state index >= 15 is 0 Å². The average molecular weight is 478 g/mol. The van der Waals surface area contributed by atoms with Gasteiger partial charge in [0.2, 0.25) is 5.91 Å². The van der Waals surface area contributed by atoms with Crippen LogP contribution in [0, 0.1) is 5.92 Å². The van der Waals surface area contributed by atoms with Crippen LogP contribution in [0.25, 0.3) is 0 Å². The van der Waals surface area contributed by atoms with E-state index in [-0.39, 0.29) is 11.3 Å². The van der Waals surface area contributed by atoms with Gasteiger partial charge in [-0.1, -0.05) is 33.1 Å². The highest BCUT2D eigenvalue weighted by Crippen LogP contribution is 2.49. The summed E-state index contributed by atoms with van der Waals surface area (Å²) >= 11 is 0. The second-order valence-electron chi connectivity index (χ2n) is 9.76. The van der Waals surface area contributed by atoms with Gasteiger partial charge in [0.25, 0.3) is 0 Å². The summed E-state index contributed by atoms with van der Waals surface area (Å²) < 4.78 is 10.6. The van der Waals surface area contributed by atoms with Gasteiger partial charge >= 0.3 is 6.09 Å². The van der Waals surface area contributed by atoms with E-state index in [0.29, 0.717) is 24.1 Å². The number of nitrogens with one attached hydrogen (secondary N) is 1. The molecule has 3 aliphatic rings. The lowest BCUT2D eigenvalue weighted by atomic mass is 9.59. The molecule has 0 saturated carbocycles. The van der Waals surface area contributed by atoms with Gasteiger partial charge in [0, 0.05) is 31.1 Å². The molecule has 1 aromatic heterocycles. The largest absolute Gasteiger partial charge is 0.472 e. The molecule has 186 valence electrons. The molecule has 35 heavy (non-hydrogen) atoms. The second kappa shape index (κ2) is 10.5. The van der Waals surface area contributed by atoms with Crippen LogP contribution in [0.3, 0.4) is 0 Å². The molecule has 2 aromatic rings. The maximum atomic E-state index is 11.7. The lowest BCUT2D eigenvalue weighted by Gasteiger charge is -2.54. The highest BCUT2D eigenvalue weighted by atomic mass is 16.5. The minimum atomic E-state index is -0.508. The molecule has 1 aliphatic carbocycles. The van der Waals surface area contributed by atoms with Crippen LogP contribution in [0.5, 0.6) is 5.75 Å². The van der Waals surface area contributed by atoms with Gasteiger partial charge in [0.1, 0.15) is 5.75 Å². The smallest absolute Gasteiger partial charge is 0.416 e. The summed E-state index contributed by atoms with van der Waals surface area (Å²) in [5.74, 6) is 1.31. The van der Waals surface area contributed by atoms with E-state index in [1.54, 1.807) is 17.4 Å². The van der Waals surface area contributed by atoms with Crippen molar-refractivity contribution in [3.05, 3.63) is 79.0 Å². The fourth-order valence-electron chi connectivity index (χ4n) is 5.65. The van der Waals surface area contributed by atoms with Crippen molar-refractivity contribution in [3.8, 4) is 5.75 Å². The molecule has 3 heterocycles. The van der Waals surface area contributed by atoms with Crippen LogP contribution in [0.2, 0.25) is 0 Å². The first kappa shape index (κ1) is 24.8. The molecule has 0 radical (unpaired) electrons. The Morgan fingerprint density at radius 3 is 2.77 bits per heavy atom. The van der Waals surface area contributed by atoms with Crippen molar-refractivity contribution in [3.63, 3.8) is 0 Å². The van der Waals surface area contributed by atoms with Gasteiger partial charge in [-0.05, 0) is 78.9 Å². The first-order chi connectivity index (χ1) is 16.9. The summed E-state index contributed by atoms with van der Waals surface area (Å²) in [5.41, 5.74) is 3.99. The predicted molar refractivity (Wildman–Crippen MR) is 135 cm³/mol. The number of rotatable bonds is 5. The van der Waals surface area contributed by atoms with Crippen molar-refractivity contribution in [2.24, 2.45) is 5.92 Å². The van der Waals surface area contributed by atoms with Crippen molar-refractivity contribution in [1.82, 2.24) is 15.1 Å². The number of furan rings is 1. The molecule has 2 aliphatic heterocycles. The molecule has 2 bridgehead atoms. The molecule has 2 saturated heterocycles. The number of likely N-dealkylation sites (tertiary alicyclic amines) is 2. The molecule has 2 fully saturated rings. The van der Waals surface area contributed by atoms with Crippen LogP contribution in [0.1, 0.15) is 49.8 Å². The van der Waals surface area contributed by atoms with Gasteiger partial charge in [0.15, 0.2) is 0 Å². The average Bonchev–Trinajstić information content (AvgIpc) is 3.50. The van der Waals surface area contributed by atoms with Gasteiger partial charge in [0.05, 0.1) is 12.5 Å². The lowest BCUT2D eigenvalue weighted by molar-refractivity contribution is -0.125. The van der Waals surface area contributed by atoms with Crippen LogP contribution < -0.4 is 10.1 Å². The molecular weight excluding hydrogens is 442 g/mol. The fourth-order valence-corrected chi connectivity index (χ4v) is 5.65. The van der Waals surface area contributed by atoms with E-state index < -0.39 is 6.09 Å². The minimum absolute atomic E-state index is 0.0828. The zero-order valence-electron chi connectivity index (χ0n) is 20.7. The van der Waals surface area contributed by atoms with E-state index in [9.17, 15) is 9.59 Å². The van der Waals surface area contributed by atoms with Gasteiger partial charge in [-0.15, -0.1) is 0 Å². The standard InChI is InChI=1S/C22H26N2O3.C6H9NO/c1-4-23-21(25)27-18-6-5-17-11-20-15(2)22(3,19(17)12-18)8-9-24(20)13-16-7-10-26-14-16;1-2-7-5-3-4-6(7)8/h4-7,10,12,14-15,20H,1,8-9,11,13H2,2-3H3,(H,23,25);2H,1,3-5H2/t15-,20+,22+;/m0./s1. The van der Waals surface area contributed by atoms with Gasteiger partial charge in [-0.3, -0.25) is 15.0 Å². The number of ether oxygens (including phenoxy) is 1. The molecule has 7 nitrogen and oxygen atoms in total. The summed E-state index contributed by atoms with van der Waals surface area (Å²) in [6.45, 7) is 14.5. The second-order valence-corrected chi connectivity index (χ2v) is 9.76. The maximum Gasteiger partial charge on any atom is 0.416 e. The number of carbonyl (C=O) groups excluding carboxylic acids is 2. The molecule has 3 atom stereocenters. The first-order valence-electron chi connectivity index (χ1n) is 12.3. The van der Waals surface area contributed by atoms with Crippen molar-refractivity contribution < 1.29 is 18.7 Å². The molecule has 2 amide bonds. The van der Waals surface area contributed by atoms with Crippen LogP contribution in [-0.2, 0) is 23.2 Å². The maximum absolute atomic E-state index is 11.7. The monoisotopic (exact) mass is 477 g/mol. The van der Waals surface area contributed by atoms with Crippen molar-refractivity contribution in [2.75, 3.05) is 13.1 Å². The van der Waals surface area contributed by atoms with E-state index in [2.05, 4.69) is 49.4 Å². The number of benzene rings is 1. The quantitative estimate of drug-likeness (QED) is 0.657. The summed E-state index contributed by atoms with van der Waals surface area (Å²) in [4.78, 5) is 26.6. The number of amides is 2. The summed E-state index contributed by atoms with van der Waals surface area (Å²) in [7, 11) is 0. The van der Waals surface area contributed by atoms with E-state index in [0.717, 1.165) is 38.9 Å². The van der Waals surface area contributed by atoms with E-state index in [4.69, 9.17) is 9.15 Å². The minimum Gasteiger partial charge on any atom is -0.472 e. The number of fused-ring (bicyclic) bond motifs is 4. The zero-order chi connectivity index (χ0) is 25.0. The van der Waals surface area contributed by atoms with Crippen molar-refractivity contribution in [1.29, 1.82) is 0 Å². The van der Waals surface area contributed by atoms with Crippen molar-refractivity contribution >= 4 is 12.0 Å². The van der Waals surface area contributed by atoms with Crippen LogP contribution in [-0.4, -0.2) is 40.9 Å². The Morgan fingerprint density at radius 2 is 2.14 bits per heavy atom. The number of carbonyl (C=O) groups is 2. The van der Waals surface area contributed by atoms with Gasteiger partial charge in [-0.2, -0.15) is 0 Å². The van der Waals surface area contributed by atoms with Crippen LogP contribution in [0.4, 0.5) is 4.79 Å². The highest BCUT2D eigenvalue weighted by molar-refractivity contribution is 5.78. The highest BCUT2D eigenvalue weighted by Gasteiger charge is 2.48. The normalized spacial score (nSPS) is 25.2. The number of piperidine rings is 1. The molecule has 0 unspecified atom stereocenters. The topological polar surface area (TPSA) is 75.0 Å². The predicted octanol–water partition coefficient (Wildman–Crippen LogP) is 4.99. The third-order valence-corrected chi connectivity index (χ3v) is 7.82. The Labute approximate surface area is 207 Å². The zero-order valence-corrected chi connectivity index (χ0v) is 20.7. The molecule has 7 heteroatoms. The summed E-state index contributed by atoms with van der Waals surface area (Å²) in [5, 5.41) is 2.45. The molecule has 5 rings (SSSR count). The third-order valence-electron chi connectivity index (χ3n) is 7.82. The Morgan fingerprint density at radius 1 is 1.31 bits per heavy atom. The van der Waals surface area contributed by atoms with E-state index in [1.165, 1.54) is 22.9 Å².